The lowest BCUT2D eigenvalue weighted by Gasteiger charge is -2.31. The number of benzene rings is 1. The van der Waals surface area contributed by atoms with Crippen LogP contribution in [0.15, 0.2) is 30.3 Å². The van der Waals surface area contributed by atoms with E-state index in [1.54, 1.807) is 0 Å². The minimum absolute atomic E-state index is 0.0430. The van der Waals surface area contributed by atoms with Gasteiger partial charge in [0.05, 0.1) is 5.69 Å². The van der Waals surface area contributed by atoms with Gasteiger partial charge >= 0.3 is 0 Å². The lowest BCUT2D eigenvalue weighted by Crippen LogP contribution is -2.43. The van der Waals surface area contributed by atoms with E-state index in [1.807, 2.05) is 35.2 Å². The molecule has 2 aromatic rings. The summed E-state index contributed by atoms with van der Waals surface area (Å²) in [6, 6.07) is 9.88. The molecule has 1 saturated carbocycles. The maximum Gasteiger partial charge on any atom is 0.272 e. The Morgan fingerprint density at radius 3 is 2.48 bits per heavy atom. The van der Waals surface area contributed by atoms with E-state index in [1.165, 1.54) is 0 Å². The molecule has 5 heteroatoms. The van der Waals surface area contributed by atoms with E-state index >= 15 is 0 Å². The van der Waals surface area contributed by atoms with Crippen molar-refractivity contribution in [1.82, 2.24) is 15.1 Å². The molecule has 0 aliphatic heterocycles. The number of nitrogens with zero attached hydrogens (tertiary/aromatic N) is 2. The van der Waals surface area contributed by atoms with Crippen LogP contribution in [0.25, 0.3) is 11.3 Å². The molecule has 0 spiro atoms. The van der Waals surface area contributed by atoms with Crippen molar-refractivity contribution in [3.8, 4) is 11.3 Å². The predicted molar refractivity (Wildman–Crippen MR) is 92.5 cm³/mol. The molecule has 1 N–H and O–H groups in total. The van der Waals surface area contributed by atoms with Gasteiger partial charge in [-0.1, -0.05) is 37.6 Å². The summed E-state index contributed by atoms with van der Waals surface area (Å²) < 4.78 is 0. The van der Waals surface area contributed by atoms with Gasteiger partial charge in [-0.3, -0.25) is 9.89 Å². The SMILES string of the molecule is CC(C)C(C)N(C(=O)c1cc(-c2ccc(Cl)cc2)n[nH]1)C1CC1. The van der Waals surface area contributed by atoms with Gasteiger partial charge in [0.15, 0.2) is 0 Å². The van der Waals surface area contributed by atoms with Crippen molar-refractivity contribution >= 4 is 17.5 Å². The first kappa shape index (κ1) is 16.1. The average Bonchev–Trinajstić information content (AvgIpc) is 3.23. The smallest absolute Gasteiger partial charge is 0.272 e. The zero-order chi connectivity index (χ0) is 16.6. The summed E-state index contributed by atoms with van der Waals surface area (Å²) in [4.78, 5) is 14.9. The van der Waals surface area contributed by atoms with Gasteiger partial charge in [0.2, 0.25) is 0 Å². The van der Waals surface area contributed by atoms with Gasteiger partial charge in [-0.05, 0) is 43.9 Å². The number of halogens is 1. The van der Waals surface area contributed by atoms with E-state index < -0.39 is 0 Å². The molecule has 3 rings (SSSR count). The molecular formula is C18H22ClN3O. The molecule has 0 bridgehead atoms. The minimum atomic E-state index is 0.0430. The monoisotopic (exact) mass is 331 g/mol. The van der Waals surface area contributed by atoms with Gasteiger partial charge in [0.25, 0.3) is 5.91 Å². The molecule has 0 saturated heterocycles. The van der Waals surface area contributed by atoms with Crippen LogP contribution in [-0.4, -0.2) is 33.1 Å². The molecule has 1 heterocycles. The summed E-state index contributed by atoms with van der Waals surface area (Å²) in [6.45, 7) is 6.43. The standard InChI is InChI=1S/C18H22ClN3O/c1-11(2)12(3)22(15-8-9-15)18(23)17-10-16(20-21-17)13-4-6-14(19)7-5-13/h4-7,10-12,15H,8-9H2,1-3H3,(H,20,21). The average molecular weight is 332 g/mol. The first-order valence-electron chi connectivity index (χ1n) is 8.11. The molecule has 23 heavy (non-hydrogen) atoms. The van der Waals surface area contributed by atoms with E-state index in [0.717, 1.165) is 24.1 Å². The topological polar surface area (TPSA) is 49.0 Å². The number of nitrogens with one attached hydrogen (secondary N) is 1. The summed E-state index contributed by atoms with van der Waals surface area (Å²) in [5.41, 5.74) is 2.26. The Morgan fingerprint density at radius 1 is 1.26 bits per heavy atom. The van der Waals surface area contributed by atoms with Crippen LogP contribution in [0.2, 0.25) is 5.02 Å². The minimum Gasteiger partial charge on any atom is -0.331 e. The molecule has 0 radical (unpaired) electrons. The van der Waals surface area contributed by atoms with E-state index in [9.17, 15) is 4.79 Å². The lowest BCUT2D eigenvalue weighted by atomic mass is 10.0. The number of carbonyl (C=O) groups excluding carboxylic acids is 1. The van der Waals surface area contributed by atoms with Crippen molar-refractivity contribution in [3.63, 3.8) is 0 Å². The van der Waals surface area contributed by atoms with E-state index in [4.69, 9.17) is 11.6 Å². The first-order chi connectivity index (χ1) is 11.0. The van der Waals surface area contributed by atoms with Gasteiger partial charge < -0.3 is 4.90 Å². The zero-order valence-corrected chi connectivity index (χ0v) is 14.5. The second-order valence-electron chi connectivity index (χ2n) is 6.60. The Labute approximate surface area is 141 Å². The van der Waals surface area contributed by atoms with E-state index in [0.29, 0.717) is 22.7 Å². The van der Waals surface area contributed by atoms with Crippen LogP contribution < -0.4 is 0 Å². The number of aromatic amines is 1. The van der Waals surface area contributed by atoms with Crippen LogP contribution in [-0.2, 0) is 0 Å². The van der Waals surface area contributed by atoms with Crippen molar-refractivity contribution < 1.29 is 4.79 Å². The Morgan fingerprint density at radius 2 is 1.91 bits per heavy atom. The normalized spacial score (nSPS) is 15.7. The number of hydrogen-bond acceptors (Lipinski definition) is 2. The summed E-state index contributed by atoms with van der Waals surface area (Å²) in [5.74, 6) is 0.472. The van der Waals surface area contributed by atoms with Crippen molar-refractivity contribution in [3.05, 3.63) is 41.0 Å². The second kappa shape index (κ2) is 6.36. The molecule has 1 aromatic carbocycles. The Bertz CT molecular complexity index is 689. The van der Waals surface area contributed by atoms with Crippen LogP contribution in [0.5, 0.6) is 0 Å². The summed E-state index contributed by atoms with van der Waals surface area (Å²) >= 11 is 5.91. The molecule has 4 nitrogen and oxygen atoms in total. The van der Waals surface area contributed by atoms with Gasteiger partial charge in [-0.2, -0.15) is 5.10 Å². The largest absolute Gasteiger partial charge is 0.331 e. The van der Waals surface area contributed by atoms with Gasteiger partial charge in [0, 0.05) is 22.7 Å². The van der Waals surface area contributed by atoms with Gasteiger partial charge in [-0.25, -0.2) is 0 Å². The Kier molecular flexibility index (Phi) is 4.44. The van der Waals surface area contributed by atoms with Crippen LogP contribution in [0.1, 0.15) is 44.1 Å². The number of rotatable bonds is 5. The fourth-order valence-corrected chi connectivity index (χ4v) is 2.82. The quantitative estimate of drug-likeness (QED) is 0.883. The third-order valence-corrected chi connectivity index (χ3v) is 4.78. The summed E-state index contributed by atoms with van der Waals surface area (Å²) in [5, 5.41) is 7.88. The number of hydrogen-bond donors (Lipinski definition) is 1. The molecule has 122 valence electrons. The molecular weight excluding hydrogens is 310 g/mol. The highest BCUT2D eigenvalue weighted by Gasteiger charge is 2.37. The van der Waals surface area contributed by atoms with Gasteiger partial charge in [0.1, 0.15) is 5.69 Å². The summed E-state index contributed by atoms with van der Waals surface area (Å²) in [6.07, 6.45) is 2.20. The van der Waals surface area contributed by atoms with Crippen molar-refractivity contribution in [1.29, 1.82) is 0 Å². The highest BCUT2D eigenvalue weighted by molar-refractivity contribution is 6.30. The van der Waals surface area contributed by atoms with E-state index in [-0.39, 0.29) is 11.9 Å². The fraction of sp³-hybridized carbons (Fsp3) is 0.444. The molecule has 1 aliphatic rings. The third kappa shape index (κ3) is 3.42. The molecule has 1 unspecified atom stereocenters. The summed E-state index contributed by atoms with van der Waals surface area (Å²) in [7, 11) is 0. The van der Waals surface area contributed by atoms with Crippen LogP contribution in [0, 0.1) is 5.92 Å². The second-order valence-corrected chi connectivity index (χ2v) is 7.04. The maximum absolute atomic E-state index is 12.9. The molecule has 1 fully saturated rings. The van der Waals surface area contributed by atoms with Gasteiger partial charge in [-0.15, -0.1) is 0 Å². The van der Waals surface area contributed by atoms with Crippen molar-refractivity contribution in [2.24, 2.45) is 5.92 Å². The van der Waals surface area contributed by atoms with Crippen LogP contribution in [0.4, 0.5) is 0 Å². The zero-order valence-electron chi connectivity index (χ0n) is 13.7. The Balaban J connectivity index is 1.83. The predicted octanol–water partition coefficient (Wildman–Crippen LogP) is 4.38. The number of H-pyrrole nitrogens is 1. The fourth-order valence-electron chi connectivity index (χ4n) is 2.70. The number of amides is 1. The molecule has 1 aromatic heterocycles. The third-order valence-electron chi connectivity index (χ3n) is 4.53. The first-order valence-corrected chi connectivity index (χ1v) is 8.49. The highest BCUT2D eigenvalue weighted by Crippen LogP contribution is 2.32. The molecule has 1 atom stereocenters. The Hall–Kier alpha value is -1.81. The van der Waals surface area contributed by atoms with E-state index in [2.05, 4.69) is 31.0 Å². The lowest BCUT2D eigenvalue weighted by molar-refractivity contribution is 0.0621. The van der Waals surface area contributed by atoms with Crippen LogP contribution in [0.3, 0.4) is 0 Å². The van der Waals surface area contributed by atoms with Crippen molar-refractivity contribution in [2.75, 3.05) is 0 Å². The van der Waals surface area contributed by atoms with Crippen molar-refractivity contribution in [2.45, 2.75) is 45.7 Å². The molecule has 1 aliphatic carbocycles. The number of carbonyl (C=O) groups is 1. The number of aromatic nitrogens is 2. The highest BCUT2D eigenvalue weighted by atomic mass is 35.5. The molecule has 1 amide bonds. The maximum atomic E-state index is 12.9. The van der Waals surface area contributed by atoms with Crippen LogP contribution >= 0.6 is 11.6 Å².